The Balaban J connectivity index is 0.00000341. The average molecular weight is 470 g/mol. The van der Waals surface area contributed by atoms with Crippen molar-refractivity contribution in [1.82, 2.24) is 9.88 Å². The van der Waals surface area contributed by atoms with Gasteiger partial charge in [-0.3, -0.25) is 9.69 Å². The monoisotopic (exact) mass is 469 g/mol. The smallest absolute Gasteiger partial charge is 0.338 e. The number of hydrogen-bond donors (Lipinski definition) is 0. The SMILES string of the molecule is COC(=O)c1ccccc1C(=O)N(CCCN(C)C)c1nc2c(F)cc(F)cc2s1.Cl. The Morgan fingerprint density at radius 1 is 1.10 bits per heavy atom. The first-order chi connectivity index (χ1) is 14.3. The summed E-state index contributed by atoms with van der Waals surface area (Å²) < 4.78 is 32.8. The van der Waals surface area contributed by atoms with Crippen molar-refractivity contribution in [1.29, 1.82) is 0 Å². The molecule has 1 aromatic heterocycles. The van der Waals surface area contributed by atoms with Crippen LogP contribution in [-0.2, 0) is 4.74 Å². The Hall–Kier alpha value is -2.62. The summed E-state index contributed by atoms with van der Waals surface area (Å²) in [5.41, 5.74) is 0.282. The molecule has 0 spiro atoms. The standard InChI is InChI=1S/C21H21F2N3O3S.ClH/c1-25(2)9-6-10-26(19(27)14-7-4-5-8-15(14)20(28)29-3)21-24-18-16(23)11-13(22)12-17(18)30-21;/h4-5,7-8,11-12H,6,9-10H2,1-3H3;1H. The van der Waals surface area contributed by atoms with Crippen molar-refractivity contribution in [3.05, 3.63) is 59.2 Å². The first kappa shape index (κ1) is 24.6. The Kier molecular flexibility index (Phi) is 8.43. The second-order valence-corrected chi connectivity index (χ2v) is 7.89. The number of anilines is 1. The zero-order valence-electron chi connectivity index (χ0n) is 17.2. The number of methoxy groups -OCH3 is 1. The summed E-state index contributed by atoms with van der Waals surface area (Å²) in [5, 5.41) is 0.234. The summed E-state index contributed by atoms with van der Waals surface area (Å²) in [4.78, 5) is 33.1. The minimum atomic E-state index is -0.789. The zero-order valence-corrected chi connectivity index (χ0v) is 18.9. The topological polar surface area (TPSA) is 62.7 Å². The van der Waals surface area contributed by atoms with E-state index in [4.69, 9.17) is 4.74 Å². The van der Waals surface area contributed by atoms with Crippen LogP contribution in [0.5, 0.6) is 0 Å². The van der Waals surface area contributed by atoms with Gasteiger partial charge < -0.3 is 9.64 Å². The van der Waals surface area contributed by atoms with Gasteiger partial charge in [0.25, 0.3) is 5.91 Å². The van der Waals surface area contributed by atoms with Crippen molar-refractivity contribution < 1.29 is 23.1 Å². The van der Waals surface area contributed by atoms with Crippen molar-refractivity contribution in [3.63, 3.8) is 0 Å². The lowest BCUT2D eigenvalue weighted by molar-refractivity contribution is 0.0597. The first-order valence-corrected chi connectivity index (χ1v) is 10.0. The maximum Gasteiger partial charge on any atom is 0.338 e. The number of rotatable bonds is 7. The lowest BCUT2D eigenvalue weighted by atomic mass is 10.1. The number of aromatic nitrogens is 1. The summed E-state index contributed by atoms with van der Waals surface area (Å²) in [6.07, 6.45) is 0.617. The molecule has 0 aliphatic carbocycles. The highest BCUT2D eigenvalue weighted by Gasteiger charge is 2.26. The Labute approximate surface area is 188 Å². The van der Waals surface area contributed by atoms with E-state index in [1.807, 2.05) is 19.0 Å². The predicted molar refractivity (Wildman–Crippen MR) is 119 cm³/mol. The Morgan fingerprint density at radius 3 is 2.42 bits per heavy atom. The molecule has 0 saturated carbocycles. The number of thiazole rings is 1. The molecule has 0 N–H and O–H groups in total. The van der Waals surface area contributed by atoms with Crippen LogP contribution in [0.15, 0.2) is 36.4 Å². The number of hydrogen-bond acceptors (Lipinski definition) is 6. The fourth-order valence-corrected chi connectivity index (χ4v) is 4.02. The number of fused-ring (bicyclic) bond motifs is 1. The molecule has 6 nitrogen and oxygen atoms in total. The Bertz CT molecular complexity index is 1090. The third-order valence-electron chi connectivity index (χ3n) is 4.43. The summed E-state index contributed by atoms with van der Waals surface area (Å²) in [7, 11) is 5.06. The van der Waals surface area contributed by atoms with Crippen LogP contribution in [0.3, 0.4) is 0 Å². The highest BCUT2D eigenvalue weighted by molar-refractivity contribution is 7.22. The zero-order chi connectivity index (χ0) is 21.8. The molecule has 1 heterocycles. The summed E-state index contributed by atoms with van der Waals surface area (Å²) in [5.74, 6) is -2.60. The largest absolute Gasteiger partial charge is 0.465 e. The van der Waals surface area contributed by atoms with Crippen molar-refractivity contribution in [2.45, 2.75) is 6.42 Å². The van der Waals surface area contributed by atoms with Crippen LogP contribution in [0.25, 0.3) is 10.2 Å². The average Bonchev–Trinajstić information content (AvgIpc) is 3.14. The Morgan fingerprint density at radius 2 is 1.77 bits per heavy atom. The maximum absolute atomic E-state index is 14.2. The van der Waals surface area contributed by atoms with E-state index in [1.54, 1.807) is 12.1 Å². The van der Waals surface area contributed by atoms with Crippen LogP contribution in [-0.4, -0.2) is 56.1 Å². The summed E-state index contributed by atoms with van der Waals surface area (Å²) >= 11 is 1.02. The number of nitrogens with zero attached hydrogens (tertiary/aromatic N) is 3. The molecule has 10 heteroatoms. The molecule has 0 bridgehead atoms. The van der Waals surface area contributed by atoms with Gasteiger partial charge in [-0.05, 0) is 45.3 Å². The minimum Gasteiger partial charge on any atom is -0.465 e. The lowest BCUT2D eigenvalue weighted by Crippen LogP contribution is -2.34. The number of ether oxygens (including phenoxy) is 1. The van der Waals surface area contributed by atoms with Gasteiger partial charge in [0.1, 0.15) is 11.3 Å². The molecule has 1 amide bonds. The lowest BCUT2D eigenvalue weighted by Gasteiger charge is -2.22. The summed E-state index contributed by atoms with van der Waals surface area (Å²) in [6, 6.07) is 8.26. The number of carbonyl (C=O) groups excluding carboxylic acids is 2. The van der Waals surface area contributed by atoms with Crippen LogP contribution in [0.2, 0.25) is 0 Å². The summed E-state index contributed by atoms with van der Waals surface area (Å²) in [6.45, 7) is 0.993. The van der Waals surface area contributed by atoms with Gasteiger partial charge in [-0.15, -0.1) is 12.4 Å². The molecule has 3 aromatic rings. The second-order valence-electron chi connectivity index (χ2n) is 6.88. The number of benzene rings is 2. The minimum absolute atomic E-state index is 0. The van der Waals surface area contributed by atoms with Crippen molar-refractivity contribution in [2.75, 3.05) is 39.2 Å². The normalized spacial score (nSPS) is 10.8. The van der Waals surface area contributed by atoms with E-state index in [-0.39, 0.29) is 40.7 Å². The predicted octanol–water partition coefficient (Wildman–Crippen LogP) is 4.38. The molecule has 0 radical (unpaired) electrons. The van der Waals surface area contributed by atoms with Crippen LogP contribution < -0.4 is 4.90 Å². The fraction of sp³-hybridized carbons (Fsp3) is 0.286. The van der Waals surface area contributed by atoms with Gasteiger partial charge in [-0.1, -0.05) is 23.5 Å². The molecule has 0 saturated heterocycles. The highest BCUT2D eigenvalue weighted by atomic mass is 35.5. The fourth-order valence-electron chi connectivity index (χ4n) is 2.99. The molecule has 0 atom stereocenters. The van der Waals surface area contributed by atoms with E-state index in [2.05, 4.69) is 4.98 Å². The van der Waals surface area contributed by atoms with E-state index >= 15 is 0 Å². The second kappa shape index (κ2) is 10.6. The van der Waals surface area contributed by atoms with Gasteiger partial charge in [0, 0.05) is 12.6 Å². The van der Waals surface area contributed by atoms with E-state index in [9.17, 15) is 18.4 Å². The van der Waals surface area contributed by atoms with Crippen molar-refractivity contribution in [2.24, 2.45) is 0 Å². The number of halogens is 3. The van der Waals surface area contributed by atoms with Crippen molar-refractivity contribution in [3.8, 4) is 0 Å². The van der Waals surface area contributed by atoms with Gasteiger partial charge >= 0.3 is 5.97 Å². The van der Waals surface area contributed by atoms with Gasteiger partial charge in [-0.25, -0.2) is 18.6 Å². The highest BCUT2D eigenvalue weighted by Crippen LogP contribution is 2.32. The van der Waals surface area contributed by atoms with Crippen LogP contribution in [0, 0.1) is 11.6 Å². The van der Waals surface area contributed by atoms with Crippen molar-refractivity contribution >= 4 is 51.0 Å². The molecule has 0 fully saturated rings. The van der Waals surface area contributed by atoms with Gasteiger partial charge in [0.15, 0.2) is 10.9 Å². The van der Waals surface area contributed by atoms with Crippen LogP contribution >= 0.6 is 23.7 Å². The van der Waals surface area contributed by atoms with E-state index < -0.39 is 23.5 Å². The van der Waals surface area contributed by atoms with E-state index in [0.717, 1.165) is 17.4 Å². The quantitative estimate of drug-likeness (QED) is 0.480. The molecule has 0 aliphatic rings. The number of esters is 1. The molecule has 0 aliphatic heterocycles. The maximum atomic E-state index is 14.2. The van der Waals surface area contributed by atoms with Gasteiger partial charge in [0.2, 0.25) is 0 Å². The third kappa shape index (κ3) is 5.55. The number of amides is 1. The molecule has 166 valence electrons. The molecule has 31 heavy (non-hydrogen) atoms. The van der Waals surface area contributed by atoms with Gasteiger partial charge in [0.05, 0.1) is 22.9 Å². The molecular formula is C21H22ClF2N3O3S. The van der Waals surface area contributed by atoms with E-state index in [0.29, 0.717) is 17.7 Å². The first-order valence-electron chi connectivity index (χ1n) is 9.21. The molecular weight excluding hydrogens is 448 g/mol. The van der Waals surface area contributed by atoms with Crippen LogP contribution in [0.1, 0.15) is 27.1 Å². The molecule has 3 rings (SSSR count). The van der Waals surface area contributed by atoms with Gasteiger partial charge in [-0.2, -0.15) is 0 Å². The number of carbonyl (C=O) groups is 2. The molecule has 2 aromatic carbocycles. The third-order valence-corrected chi connectivity index (χ3v) is 5.45. The molecule has 0 unspecified atom stereocenters. The van der Waals surface area contributed by atoms with Crippen LogP contribution in [0.4, 0.5) is 13.9 Å². The van der Waals surface area contributed by atoms with E-state index in [1.165, 1.54) is 30.2 Å².